The standard InChI is InChI=1S/C12H13F2N3O/c1-7-4-9(18-17-7)6-16-11-3-2-8(15)5-10(11)12(13)14/h2-5,12,16H,6,15H2,1H3. The van der Waals surface area contributed by atoms with Gasteiger partial charge in [-0.3, -0.25) is 0 Å². The van der Waals surface area contributed by atoms with Gasteiger partial charge < -0.3 is 15.6 Å². The van der Waals surface area contributed by atoms with Crippen molar-refractivity contribution in [3.05, 3.63) is 41.3 Å². The van der Waals surface area contributed by atoms with Crippen LogP contribution in [0.1, 0.15) is 23.4 Å². The Bertz CT molecular complexity index is 540. The van der Waals surface area contributed by atoms with Crippen LogP contribution in [0, 0.1) is 6.92 Å². The average molecular weight is 253 g/mol. The molecular weight excluding hydrogens is 240 g/mol. The van der Waals surface area contributed by atoms with Gasteiger partial charge in [-0.2, -0.15) is 0 Å². The normalized spacial score (nSPS) is 10.9. The van der Waals surface area contributed by atoms with Crippen LogP contribution >= 0.6 is 0 Å². The van der Waals surface area contributed by atoms with Gasteiger partial charge in [-0.1, -0.05) is 5.16 Å². The van der Waals surface area contributed by atoms with E-state index in [0.29, 0.717) is 23.7 Å². The number of anilines is 2. The molecule has 0 aliphatic heterocycles. The molecule has 1 heterocycles. The molecule has 0 saturated heterocycles. The molecule has 0 fully saturated rings. The number of benzene rings is 1. The summed E-state index contributed by atoms with van der Waals surface area (Å²) in [7, 11) is 0. The van der Waals surface area contributed by atoms with E-state index in [0.717, 1.165) is 5.69 Å². The number of nitrogen functional groups attached to an aromatic ring is 1. The Morgan fingerprint density at radius 2 is 2.17 bits per heavy atom. The van der Waals surface area contributed by atoms with Crippen molar-refractivity contribution in [2.24, 2.45) is 0 Å². The molecular formula is C12H13F2N3O. The highest BCUT2D eigenvalue weighted by atomic mass is 19.3. The van der Waals surface area contributed by atoms with E-state index < -0.39 is 6.43 Å². The van der Waals surface area contributed by atoms with Gasteiger partial charge in [0.05, 0.1) is 12.2 Å². The summed E-state index contributed by atoms with van der Waals surface area (Å²) in [5, 5.41) is 6.60. The van der Waals surface area contributed by atoms with E-state index in [1.165, 1.54) is 12.1 Å². The van der Waals surface area contributed by atoms with Crippen LogP contribution in [0.15, 0.2) is 28.8 Å². The highest BCUT2D eigenvalue weighted by Crippen LogP contribution is 2.29. The van der Waals surface area contributed by atoms with Gasteiger partial charge in [0, 0.05) is 23.0 Å². The predicted octanol–water partition coefficient (Wildman–Crippen LogP) is 3.11. The lowest BCUT2D eigenvalue weighted by Gasteiger charge is -2.11. The molecule has 0 bridgehead atoms. The van der Waals surface area contributed by atoms with Crippen LogP contribution in [0.2, 0.25) is 0 Å². The number of nitrogens with zero attached hydrogens (tertiary/aromatic N) is 1. The van der Waals surface area contributed by atoms with Crippen LogP contribution < -0.4 is 11.1 Å². The van der Waals surface area contributed by atoms with Gasteiger partial charge in [0.15, 0.2) is 5.76 Å². The van der Waals surface area contributed by atoms with Gasteiger partial charge in [-0.05, 0) is 25.1 Å². The maximum absolute atomic E-state index is 12.8. The average Bonchev–Trinajstić information content (AvgIpc) is 2.73. The zero-order valence-electron chi connectivity index (χ0n) is 9.78. The largest absolute Gasteiger partial charge is 0.399 e. The second kappa shape index (κ2) is 5.03. The van der Waals surface area contributed by atoms with Gasteiger partial charge in [-0.15, -0.1) is 0 Å². The van der Waals surface area contributed by atoms with Crippen molar-refractivity contribution >= 4 is 11.4 Å². The molecule has 96 valence electrons. The Morgan fingerprint density at radius 1 is 1.39 bits per heavy atom. The fourth-order valence-electron chi connectivity index (χ4n) is 1.60. The van der Waals surface area contributed by atoms with Gasteiger partial charge in [0.2, 0.25) is 0 Å². The number of rotatable bonds is 4. The summed E-state index contributed by atoms with van der Waals surface area (Å²) in [5.74, 6) is 0.588. The Labute approximate surface area is 103 Å². The fourth-order valence-corrected chi connectivity index (χ4v) is 1.60. The fraction of sp³-hybridized carbons (Fsp3) is 0.250. The van der Waals surface area contributed by atoms with E-state index >= 15 is 0 Å². The Morgan fingerprint density at radius 3 is 2.78 bits per heavy atom. The lowest BCUT2D eigenvalue weighted by Crippen LogP contribution is -2.03. The summed E-state index contributed by atoms with van der Waals surface area (Å²) in [6.07, 6.45) is -2.58. The van der Waals surface area contributed by atoms with Crippen molar-refractivity contribution in [1.82, 2.24) is 5.16 Å². The first-order valence-corrected chi connectivity index (χ1v) is 5.40. The van der Waals surface area contributed by atoms with Gasteiger partial charge in [0.25, 0.3) is 6.43 Å². The van der Waals surface area contributed by atoms with Crippen LogP contribution in [-0.4, -0.2) is 5.16 Å². The van der Waals surface area contributed by atoms with Crippen LogP contribution in [0.25, 0.3) is 0 Å². The summed E-state index contributed by atoms with van der Waals surface area (Å²) in [6.45, 7) is 2.09. The molecule has 0 spiro atoms. The quantitative estimate of drug-likeness (QED) is 0.822. The van der Waals surface area contributed by atoms with E-state index in [2.05, 4.69) is 10.5 Å². The Balaban J connectivity index is 2.13. The summed E-state index contributed by atoms with van der Waals surface area (Å²) >= 11 is 0. The number of aromatic nitrogens is 1. The van der Waals surface area contributed by atoms with Crippen molar-refractivity contribution < 1.29 is 13.3 Å². The first kappa shape index (κ1) is 12.3. The van der Waals surface area contributed by atoms with Crippen molar-refractivity contribution in [3.63, 3.8) is 0 Å². The smallest absolute Gasteiger partial charge is 0.265 e. The van der Waals surface area contributed by atoms with E-state index in [4.69, 9.17) is 10.3 Å². The van der Waals surface area contributed by atoms with Crippen molar-refractivity contribution in [3.8, 4) is 0 Å². The van der Waals surface area contributed by atoms with Crippen molar-refractivity contribution in [2.75, 3.05) is 11.1 Å². The minimum Gasteiger partial charge on any atom is -0.399 e. The van der Waals surface area contributed by atoms with Crippen LogP contribution in [0.3, 0.4) is 0 Å². The lowest BCUT2D eigenvalue weighted by atomic mass is 10.1. The SMILES string of the molecule is Cc1cc(CNc2ccc(N)cc2C(F)F)on1. The molecule has 2 aromatic rings. The molecule has 3 N–H and O–H groups in total. The monoisotopic (exact) mass is 253 g/mol. The maximum Gasteiger partial charge on any atom is 0.265 e. The highest BCUT2D eigenvalue weighted by molar-refractivity contribution is 5.58. The van der Waals surface area contributed by atoms with E-state index in [9.17, 15) is 8.78 Å². The zero-order valence-corrected chi connectivity index (χ0v) is 9.78. The number of alkyl halides is 2. The molecule has 0 amide bonds. The molecule has 0 unspecified atom stereocenters. The number of aryl methyl sites for hydroxylation is 1. The minimum atomic E-state index is -2.58. The van der Waals surface area contributed by atoms with E-state index in [1.807, 2.05) is 0 Å². The summed E-state index contributed by atoms with van der Waals surface area (Å²) in [4.78, 5) is 0. The Kier molecular flexibility index (Phi) is 3.45. The van der Waals surface area contributed by atoms with Gasteiger partial charge in [0.1, 0.15) is 0 Å². The van der Waals surface area contributed by atoms with Crippen molar-refractivity contribution in [2.45, 2.75) is 19.9 Å². The Hall–Kier alpha value is -2.11. The van der Waals surface area contributed by atoms with Gasteiger partial charge >= 0.3 is 0 Å². The third-order valence-electron chi connectivity index (χ3n) is 2.44. The van der Waals surface area contributed by atoms with E-state index in [1.54, 1.807) is 19.1 Å². The second-order valence-electron chi connectivity index (χ2n) is 3.94. The molecule has 6 heteroatoms. The summed E-state index contributed by atoms with van der Waals surface area (Å²) in [5.41, 5.74) is 6.77. The first-order chi connectivity index (χ1) is 8.56. The third-order valence-corrected chi connectivity index (χ3v) is 2.44. The molecule has 1 aromatic carbocycles. The predicted molar refractivity (Wildman–Crippen MR) is 64.4 cm³/mol. The van der Waals surface area contributed by atoms with Gasteiger partial charge in [-0.25, -0.2) is 8.78 Å². The second-order valence-corrected chi connectivity index (χ2v) is 3.94. The molecule has 0 aliphatic carbocycles. The summed E-state index contributed by atoms with van der Waals surface area (Å²) in [6, 6.07) is 6.10. The number of hydrogen-bond donors (Lipinski definition) is 2. The van der Waals surface area contributed by atoms with E-state index in [-0.39, 0.29) is 5.56 Å². The molecule has 0 radical (unpaired) electrons. The van der Waals surface area contributed by atoms with Crippen LogP contribution in [0.4, 0.5) is 20.2 Å². The third kappa shape index (κ3) is 2.77. The first-order valence-electron chi connectivity index (χ1n) is 5.40. The maximum atomic E-state index is 12.8. The molecule has 4 nitrogen and oxygen atoms in total. The molecule has 0 atom stereocenters. The topological polar surface area (TPSA) is 64.1 Å². The lowest BCUT2D eigenvalue weighted by molar-refractivity contribution is 0.152. The number of nitrogens with one attached hydrogen (secondary N) is 1. The molecule has 0 aliphatic rings. The number of halogens is 2. The van der Waals surface area contributed by atoms with Crippen LogP contribution in [-0.2, 0) is 6.54 Å². The number of hydrogen-bond acceptors (Lipinski definition) is 4. The molecule has 18 heavy (non-hydrogen) atoms. The van der Waals surface area contributed by atoms with Crippen LogP contribution in [0.5, 0.6) is 0 Å². The highest BCUT2D eigenvalue weighted by Gasteiger charge is 2.13. The molecule has 1 aromatic heterocycles. The molecule has 2 rings (SSSR count). The van der Waals surface area contributed by atoms with Crippen molar-refractivity contribution in [1.29, 1.82) is 0 Å². The molecule has 0 saturated carbocycles. The zero-order chi connectivity index (χ0) is 13.1. The minimum absolute atomic E-state index is 0.119. The summed E-state index contributed by atoms with van der Waals surface area (Å²) < 4.78 is 30.6. The number of nitrogens with two attached hydrogens (primary N) is 1.